The third-order valence-electron chi connectivity index (χ3n) is 5.74. The zero-order chi connectivity index (χ0) is 27.5. The van der Waals surface area contributed by atoms with Gasteiger partial charge in [-0.15, -0.1) is 0 Å². The predicted molar refractivity (Wildman–Crippen MR) is 129 cm³/mol. The first-order valence-electron chi connectivity index (χ1n) is 11.4. The van der Waals surface area contributed by atoms with Crippen molar-refractivity contribution in [2.24, 2.45) is 0 Å². The Kier molecular flexibility index (Phi) is 8.02. The molecule has 0 saturated heterocycles. The Labute approximate surface area is 214 Å². The molecule has 0 aliphatic heterocycles. The Balaban J connectivity index is 1.45. The van der Waals surface area contributed by atoms with Gasteiger partial charge in [-0.1, -0.05) is 12.1 Å². The van der Waals surface area contributed by atoms with Crippen LogP contribution in [0.25, 0.3) is 10.9 Å². The molecule has 1 aromatic heterocycles. The summed E-state index contributed by atoms with van der Waals surface area (Å²) in [4.78, 5) is -0.154. The summed E-state index contributed by atoms with van der Waals surface area (Å²) in [6.07, 6.45) is -2.09. The lowest BCUT2D eigenvalue weighted by atomic mass is 10.1. The summed E-state index contributed by atoms with van der Waals surface area (Å²) in [7, 11) is -4.13. The second kappa shape index (κ2) is 11.1. The van der Waals surface area contributed by atoms with Gasteiger partial charge in [0.1, 0.15) is 17.4 Å². The van der Waals surface area contributed by atoms with Gasteiger partial charge in [-0.3, -0.25) is 0 Å². The number of hydrogen-bond acceptors (Lipinski definition) is 4. The van der Waals surface area contributed by atoms with Crippen molar-refractivity contribution >= 4 is 20.9 Å². The Morgan fingerprint density at radius 3 is 2.37 bits per heavy atom. The molecule has 0 amide bonds. The van der Waals surface area contributed by atoms with Crippen LogP contribution >= 0.6 is 0 Å². The zero-order valence-electron chi connectivity index (χ0n) is 19.7. The lowest BCUT2D eigenvalue weighted by Crippen LogP contribution is -2.33. The van der Waals surface area contributed by atoms with Gasteiger partial charge >= 0.3 is 12.3 Å². The topological polar surface area (TPSA) is 60.3 Å². The molecule has 0 bridgehead atoms. The van der Waals surface area contributed by atoms with Crippen LogP contribution in [-0.4, -0.2) is 37.9 Å². The van der Waals surface area contributed by atoms with E-state index in [0.717, 1.165) is 34.3 Å². The Morgan fingerprint density at radius 1 is 0.947 bits per heavy atom. The lowest BCUT2D eigenvalue weighted by Gasteiger charge is -2.16. The molecular weight excluding hydrogens is 534 g/mol. The largest absolute Gasteiger partial charge is 0.487 e. The maximum absolute atomic E-state index is 14.0. The summed E-state index contributed by atoms with van der Waals surface area (Å²) in [5, 5.41) is 3.65. The van der Waals surface area contributed by atoms with Gasteiger partial charge in [-0.05, 0) is 78.7 Å². The zero-order valence-corrected chi connectivity index (χ0v) is 20.5. The number of fused-ring (bicyclic) bond motifs is 1. The van der Waals surface area contributed by atoms with E-state index in [0.29, 0.717) is 29.5 Å². The van der Waals surface area contributed by atoms with E-state index >= 15 is 0 Å². The van der Waals surface area contributed by atoms with Crippen molar-refractivity contribution in [2.75, 3.05) is 13.2 Å². The van der Waals surface area contributed by atoms with Gasteiger partial charge in [0.2, 0.25) is 0 Å². The Hall–Kier alpha value is -3.51. The molecule has 0 atom stereocenters. The fourth-order valence-electron chi connectivity index (χ4n) is 3.80. The molecule has 0 radical (unpaired) electrons. The highest BCUT2D eigenvalue weighted by atomic mass is 32.2. The first-order chi connectivity index (χ1) is 18.0. The normalized spacial score (nSPS) is 12.4. The van der Waals surface area contributed by atoms with Crippen LogP contribution in [0.1, 0.15) is 11.1 Å². The molecule has 1 N–H and O–H groups in total. The van der Waals surface area contributed by atoms with E-state index in [1.54, 1.807) is 6.07 Å². The van der Waals surface area contributed by atoms with E-state index in [1.165, 1.54) is 36.5 Å². The molecule has 5 nitrogen and oxygen atoms in total. The highest BCUT2D eigenvalue weighted by Crippen LogP contribution is 2.28. The first-order valence-corrected chi connectivity index (χ1v) is 12.8. The molecule has 1 heterocycles. The number of alkyl halides is 4. The van der Waals surface area contributed by atoms with Crippen LogP contribution in [0.4, 0.5) is 26.3 Å². The second-order valence-corrected chi connectivity index (χ2v) is 10.3. The van der Waals surface area contributed by atoms with Gasteiger partial charge in [-0.2, -0.15) is 8.78 Å². The maximum atomic E-state index is 14.0. The van der Waals surface area contributed by atoms with E-state index < -0.39 is 40.6 Å². The standard InChI is InChI=1S/C26H22F6N2O3S/c27-19-4-7-22(8-5-19)38(35,36)34-15-18(23-9-6-20(28)13-24(23)34)10-11-33-14-17-2-1-3-21(12-17)37-16-26(31,32)25(29)30/h1-9,12-13,15,25,33H,10-11,14,16H2. The summed E-state index contributed by atoms with van der Waals surface area (Å²) >= 11 is 0. The van der Waals surface area contributed by atoms with Gasteiger partial charge in [0, 0.05) is 18.1 Å². The Morgan fingerprint density at radius 2 is 1.66 bits per heavy atom. The molecule has 12 heteroatoms. The van der Waals surface area contributed by atoms with E-state index in [4.69, 9.17) is 4.74 Å². The summed E-state index contributed by atoms with van der Waals surface area (Å²) < 4.78 is 110. The number of nitrogens with zero attached hydrogens (tertiary/aromatic N) is 1. The third kappa shape index (κ3) is 6.13. The van der Waals surface area contributed by atoms with Crippen LogP contribution in [0.5, 0.6) is 5.75 Å². The summed E-state index contributed by atoms with van der Waals surface area (Å²) in [6, 6.07) is 14.2. The highest BCUT2D eigenvalue weighted by molar-refractivity contribution is 7.90. The van der Waals surface area contributed by atoms with E-state index in [9.17, 15) is 34.8 Å². The number of halogens is 6. The van der Waals surface area contributed by atoms with Crippen LogP contribution in [-0.2, 0) is 23.0 Å². The molecule has 38 heavy (non-hydrogen) atoms. The predicted octanol–water partition coefficient (Wildman–Crippen LogP) is 5.77. The van der Waals surface area contributed by atoms with Crippen molar-refractivity contribution < 1.29 is 39.5 Å². The molecule has 0 aliphatic carbocycles. The number of ether oxygens (including phenoxy) is 1. The monoisotopic (exact) mass is 556 g/mol. The number of rotatable bonds is 11. The number of aromatic nitrogens is 1. The number of hydrogen-bond donors (Lipinski definition) is 1. The maximum Gasteiger partial charge on any atom is 0.340 e. The molecule has 4 aromatic rings. The van der Waals surface area contributed by atoms with E-state index in [-0.39, 0.29) is 22.7 Å². The van der Waals surface area contributed by atoms with Crippen LogP contribution in [0, 0.1) is 11.6 Å². The van der Waals surface area contributed by atoms with Crippen molar-refractivity contribution in [1.29, 1.82) is 0 Å². The smallest absolute Gasteiger partial charge is 0.340 e. The quantitative estimate of drug-likeness (QED) is 0.188. The van der Waals surface area contributed by atoms with Crippen LogP contribution in [0.2, 0.25) is 0 Å². The van der Waals surface area contributed by atoms with Crippen molar-refractivity contribution in [3.8, 4) is 5.75 Å². The summed E-state index contributed by atoms with van der Waals surface area (Å²) in [5.74, 6) is -5.46. The van der Waals surface area contributed by atoms with Crippen molar-refractivity contribution in [2.45, 2.75) is 30.2 Å². The molecule has 3 aromatic carbocycles. The average Bonchev–Trinajstić information content (AvgIpc) is 3.24. The third-order valence-corrected chi connectivity index (χ3v) is 7.42. The fraction of sp³-hybridized carbons (Fsp3) is 0.231. The Bertz CT molecular complexity index is 1520. The summed E-state index contributed by atoms with van der Waals surface area (Å²) in [5.41, 5.74) is 1.39. The average molecular weight is 557 g/mol. The van der Waals surface area contributed by atoms with E-state index in [2.05, 4.69) is 5.32 Å². The van der Waals surface area contributed by atoms with Crippen molar-refractivity contribution in [1.82, 2.24) is 9.29 Å². The van der Waals surface area contributed by atoms with Gasteiger partial charge in [0.05, 0.1) is 10.4 Å². The van der Waals surface area contributed by atoms with Crippen molar-refractivity contribution in [3.63, 3.8) is 0 Å². The van der Waals surface area contributed by atoms with E-state index in [1.807, 2.05) is 0 Å². The van der Waals surface area contributed by atoms with Gasteiger partial charge in [0.15, 0.2) is 6.61 Å². The van der Waals surface area contributed by atoms with Crippen LogP contribution in [0.15, 0.2) is 77.8 Å². The molecule has 0 aliphatic rings. The molecule has 0 fully saturated rings. The lowest BCUT2D eigenvalue weighted by molar-refractivity contribution is -0.148. The van der Waals surface area contributed by atoms with Crippen LogP contribution < -0.4 is 10.1 Å². The molecule has 202 valence electrons. The molecule has 0 saturated carbocycles. The number of benzene rings is 3. The minimum Gasteiger partial charge on any atom is -0.487 e. The molecule has 4 rings (SSSR count). The van der Waals surface area contributed by atoms with Crippen molar-refractivity contribution in [3.05, 3.63) is 95.7 Å². The molecule has 0 spiro atoms. The molecule has 0 unspecified atom stereocenters. The number of nitrogens with one attached hydrogen (secondary N) is 1. The second-order valence-electron chi connectivity index (χ2n) is 8.50. The minimum atomic E-state index is -4.26. The minimum absolute atomic E-state index is 0.0146. The highest BCUT2D eigenvalue weighted by Gasteiger charge is 2.41. The SMILES string of the molecule is O=S(=O)(c1ccc(F)cc1)n1cc(CCNCc2cccc(OCC(F)(F)C(F)F)c2)c2ccc(F)cc21. The first kappa shape index (κ1) is 27.5. The van der Waals surface area contributed by atoms with Gasteiger partial charge < -0.3 is 10.1 Å². The fourth-order valence-corrected chi connectivity index (χ4v) is 5.18. The molecular formula is C26H22F6N2O3S. The van der Waals surface area contributed by atoms with Gasteiger partial charge in [-0.25, -0.2) is 30.0 Å². The van der Waals surface area contributed by atoms with Crippen LogP contribution in [0.3, 0.4) is 0 Å². The summed E-state index contributed by atoms with van der Waals surface area (Å²) in [6.45, 7) is -0.807. The van der Waals surface area contributed by atoms with Gasteiger partial charge in [0.25, 0.3) is 10.0 Å².